The first-order valence-corrected chi connectivity index (χ1v) is 8.47. The summed E-state index contributed by atoms with van der Waals surface area (Å²) in [4.78, 5) is 7.04. The molecule has 0 saturated heterocycles. The van der Waals surface area contributed by atoms with Gasteiger partial charge in [0.25, 0.3) is 0 Å². The molecular formula is C10H11Cl2N3O2S2. The number of nitrogens with one attached hydrogen (secondary N) is 2. The number of aromatic amines is 1. The third kappa shape index (κ3) is 3.93. The number of nitrogens with zero attached hydrogens (tertiary/aromatic N) is 1. The summed E-state index contributed by atoms with van der Waals surface area (Å²) in [6.07, 6.45) is 4.70. The minimum Gasteiger partial charge on any atom is -0.349 e. The highest BCUT2D eigenvalue weighted by molar-refractivity contribution is 7.89. The van der Waals surface area contributed by atoms with Gasteiger partial charge < -0.3 is 4.98 Å². The monoisotopic (exact) mass is 339 g/mol. The van der Waals surface area contributed by atoms with Crippen molar-refractivity contribution >= 4 is 44.6 Å². The van der Waals surface area contributed by atoms with Crippen LogP contribution in [0.25, 0.3) is 0 Å². The number of H-pyrrole nitrogens is 1. The molecule has 2 aromatic heterocycles. The zero-order chi connectivity index (χ0) is 13.9. The molecule has 0 spiro atoms. The quantitative estimate of drug-likeness (QED) is 0.794. The Hall–Kier alpha value is -0.600. The summed E-state index contributed by atoms with van der Waals surface area (Å²) in [5, 5.41) is 0. The number of halogens is 2. The molecule has 2 aromatic rings. The number of imidazole rings is 1. The normalized spacial score (nSPS) is 11.9. The molecule has 19 heavy (non-hydrogen) atoms. The highest BCUT2D eigenvalue weighted by Gasteiger charge is 2.20. The van der Waals surface area contributed by atoms with E-state index >= 15 is 0 Å². The first-order chi connectivity index (χ1) is 8.99. The van der Waals surface area contributed by atoms with Crippen molar-refractivity contribution in [2.45, 2.75) is 17.7 Å². The van der Waals surface area contributed by atoms with E-state index in [0.717, 1.165) is 17.2 Å². The van der Waals surface area contributed by atoms with Crippen LogP contribution in [0.4, 0.5) is 0 Å². The Labute approximate surface area is 125 Å². The molecule has 5 nitrogen and oxygen atoms in total. The Bertz CT molecular complexity index is 638. The number of aryl methyl sites for hydroxylation is 1. The number of thiophene rings is 1. The number of hydrogen-bond donors (Lipinski definition) is 2. The topological polar surface area (TPSA) is 74.8 Å². The van der Waals surface area contributed by atoms with Gasteiger partial charge in [0.1, 0.15) is 15.1 Å². The third-order valence-corrected chi connectivity index (χ3v) is 5.57. The molecule has 0 fully saturated rings. The van der Waals surface area contributed by atoms with E-state index in [1.54, 1.807) is 12.4 Å². The van der Waals surface area contributed by atoms with Crippen LogP contribution < -0.4 is 4.72 Å². The van der Waals surface area contributed by atoms with Gasteiger partial charge in [-0.15, -0.1) is 11.3 Å². The van der Waals surface area contributed by atoms with Crippen LogP contribution in [0.5, 0.6) is 0 Å². The molecule has 0 saturated carbocycles. The molecule has 0 radical (unpaired) electrons. The smallest absolute Gasteiger partial charge is 0.242 e. The van der Waals surface area contributed by atoms with E-state index in [4.69, 9.17) is 23.2 Å². The summed E-state index contributed by atoms with van der Waals surface area (Å²) in [6, 6.07) is 1.35. The Kier molecular flexibility index (Phi) is 4.86. The van der Waals surface area contributed by atoms with E-state index in [1.807, 2.05) is 0 Å². The van der Waals surface area contributed by atoms with E-state index in [9.17, 15) is 8.42 Å². The minimum atomic E-state index is -3.60. The van der Waals surface area contributed by atoms with Crippen molar-refractivity contribution in [2.75, 3.05) is 6.54 Å². The Morgan fingerprint density at radius 2 is 2.21 bits per heavy atom. The average molecular weight is 340 g/mol. The van der Waals surface area contributed by atoms with Crippen molar-refractivity contribution in [3.8, 4) is 0 Å². The van der Waals surface area contributed by atoms with Gasteiger partial charge in [-0.1, -0.05) is 23.2 Å². The molecular weight excluding hydrogens is 329 g/mol. The van der Waals surface area contributed by atoms with Crippen LogP contribution >= 0.6 is 34.5 Å². The summed E-state index contributed by atoms with van der Waals surface area (Å²) < 4.78 is 26.9. The molecule has 0 amide bonds. The Morgan fingerprint density at radius 1 is 1.42 bits per heavy atom. The largest absolute Gasteiger partial charge is 0.349 e. The second-order valence-corrected chi connectivity index (χ2v) is 7.75. The first-order valence-electron chi connectivity index (χ1n) is 5.42. The molecule has 0 aliphatic heterocycles. The molecule has 0 atom stereocenters. The van der Waals surface area contributed by atoms with Gasteiger partial charge in [0.05, 0.1) is 4.34 Å². The molecule has 104 valence electrons. The van der Waals surface area contributed by atoms with Crippen LogP contribution in [0.3, 0.4) is 0 Å². The molecule has 2 rings (SSSR count). The predicted octanol–water partition coefficient (Wildman–Crippen LogP) is 2.69. The third-order valence-electron chi connectivity index (χ3n) is 2.35. The van der Waals surface area contributed by atoms with Gasteiger partial charge >= 0.3 is 0 Å². The molecule has 2 heterocycles. The fourth-order valence-electron chi connectivity index (χ4n) is 1.48. The summed E-state index contributed by atoms with van der Waals surface area (Å²) in [7, 11) is -3.60. The second kappa shape index (κ2) is 6.23. The number of hydrogen-bond acceptors (Lipinski definition) is 4. The molecule has 9 heteroatoms. The van der Waals surface area contributed by atoms with Crippen LogP contribution in [-0.4, -0.2) is 24.9 Å². The van der Waals surface area contributed by atoms with Crippen LogP contribution in [0, 0.1) is 0 Å². The van der Waals surface area contributed by atoms with Gasteiger partial charge in [0.15, 0.2) is 0 Å². The van der Waals surface area contributed by atoms with Crippen LogP contribution in [0.2, 0.25) is 8.67 Å². The van der Waals surface area contributed by atoms with Gasteiger partial charge in [-0.05, 0) is 12.5 Å². The number of sulfonamides is 1. The standard InChI is InChI=1S/C10H11Cl2N3O2S2/c11-8-6-7(10(12)18-8)19(16,17)15-3-1-2-9-13-4-5-14-9/h4-6,15H,1-3H2,(H,13,14). The molecule has 0 aromatic carbocycles. The minimum absolute atomic E-state index is 0.0298. The zero-order valence-electron chi connectivity index (χ0n) is 9.69. The maximum absolute atomic E-state index is 12.0. The lowest BCUT2D eigenvalue weighted by molar-refractivity contribution is 0.579. The predicted molar refractivity (Wildman–Crippen MR) is 76.4 cm³/mol. The van der Waals surface area contributed by atoms with Crippen molar-refractivity contribution in [3.63, 3.8) is 0 Å². The van der Waals surface area contributed by atoms with E-state index in [-0.39, 0.29) is 9.23 Å². The SMILES string of the molecule is O=S(=O)(NCCCc1ncc[nH]1)c1cc(Cl)sc1Cl. The molecule has 0 bridgehead atoms. The maximum atomic E-state index is 12.0. The van der Waals surface area contributed by atoms with Crippen molar-refractivity contribution in [1.29, 1.82) is 0 Å². The molecule has 0 aliphatic rings. The summed E-state index contributed by atoms with van der Waals surface area (Å²) in [5.74, 6) is 0.829. The molecule has 0 unspecified atom stereocenters. The van der Waals surface area contributed by atoms with E-state index in [2.05, 4.69) is 14.7 Å². The van der Waals surface area contributed by atoms with E-state index < -0.39 is 10.0 Å². The summed E-state index contributed by atoms with van der Waals surface area (Å²) in [6.45, 7) is 0.312. The average Bonchev–Trinajstić information content (AvgIpc) is 2.94. The highest BCUT2D eigenvalue weighted by atomic mass is 35.5. The molecule has 2 N–H and O–H groups in total. The van der Waals surface area contributed by atoms with Crippen LogP contribution in [-0.2, 0) is 16.4 Å². The highest BCUT2D eigenvalue weighted by Crippen LogP contribution is 2.33. The van der Waals surface area contributed by atoms with Gasteiger partial charge in [0.2, 0.25) is 10.0 Å². The Morgan fingerprint density at radius 3 is 2.79 bits per heavy atom. The summed E-state index contributed by atoms with van der Waals surface area (Å²) in [5.41, 5.74) is 0. The second-order valence-electron chi connectivity index (χ2n) is 3.73. The molecule has 0 aliphatic carbocycles. The van der Waals surface area contributed by atoms with E-state index in [1.165, 1.54) is 6.07 Å². The lowest BCUT2D eigenvalue weighted by Gasteiger charge is -2.04. The number of aromatic nitrogens is 2. The van der Waals surface area contributed by atoms with Crippen molar-refractivity contribution < 1.29 is 8.42 Å². The van der Waals surface area contributed by atoms with Gasteiger partial charge in [-0.2, -0.15) is 0 Å². The summed E-state index contributed by atoms with van der Waals surface area (Å²) >= 11 is 12.6. The van der Waals surface area contributed by atoms with Crippen molar-refractivity contribution in [2.24, 2.45) is 0 Å². The van der Waals surface area contributed by atoms with Crippen molar-refractivity contribution in [1.82, 2.24) is 14.7 Å². The van der Waals surface area contributed by atoms with Crippen molar-refractivity contribution in [3.05, 3.63) is 33.0 Å². The fourth-order valence-corrected chi connectivity index (χ4v) is 4.70. The van der Waals surface area contributed by atoms with Gasteiger partial charge in [-0.3, -0.25) is 0 Å². The maximum Gasteiger partial charge on any atom is 0.242 e. The van der Waals surface area contributed by atoms with Crippen LogP contribution in [0.1, 0.15) is 12.2 Å². The first kappa shape index (κ1) is 14.8. The van der Waals surface area contributed by atoms with E-state index in [0.29, 0.717) is 23.7 Å². The van der Waals surface area contributed by atoms with Crippen LogP contribution in [0.15, 0.2) is 23.4 Å². The fraction of sp³-hybridized carbons (Fsp3) is 0.300. The Balaban J connectivity index is 1.89. The lowest BCUT2D eigenvalue weighted by Crippen LogP contribution is -2.25. The number of rotatable bonds is 6. The lowest BCUT2D eigenvalue weighted by atomic mass is 10.3. The van der Waals surface area contributed by atoms with Gasteiger partial charge in [0, 0.05) is 25.4 Å². The zero-order valence-corrected chi connectivity index (χ0v) is 12.8. The van der Waals surface area contributed by atoms with Gasteiger partial charge in [-0.25, -0.2) is 18.1 Å².